The topological polar surface area (TPSA) is 81.6 Å². The van der Waals surface area contributed by atoms with Crippen LogP contribution in [0.1, 0.15) is 25.7 Å². The Morgan fingerprint density at radius 3 is 2.73 bits per heavy atom. The molecule has 1 aliphatic rings. The molecule has 0 spiro atoms. The van der Waals surface area contributed by atoms with Crippen LogP contribution in [0.15, 0.2) is 0 Å². The first-order valence-electron chi connectivity index (χ1n) is 5.49. The standard InChI is InChI=1S/C10H20N2O2S/c1-14-9(13)5-3-2-4-8-10(12)7(11)6-15-8/h7-8,10H,2-6,11-12H2,1H3/p+2/t7-,8-,10+/m1/s1. The van der Waals surface area contributed by atoms with Crippen LogP contribution in [0.2, 0.25) is 0 Å². The predicted molar refractivity (Wildman–Crippen MR) is 60.1 cm³/mol. The van der Waals surface area contributed by atoms with E-state index < -0.39 is 0 Å². The minimum Gasteiger partial charge on any atom is -0.469 e. The van der Waals surface area contributed by atoms with Crippen molar-refractivity contribution in [3.05, 3.63) is 0 Å². The first-order chi connectivity index (χ1) is 7.15. The summed E-state index contributed by atoms with van der Waals surface area (Å²) in [5.41, 5.74) is 8.24. The third-order valence-electron chi connectivity index (χ3n) is 2.95. The van der Waals surface area contributed by atoms with Gasteiger partial charge in [-0.2, -0.15) is 0 Å². The highest BCUT2D eigenvalue weighted by atomic mass is 32.2. The third kappa shape index (κ3) is 4.01. The van der Waals surface area contributed by atoms with Crippen LogP contribution in [-0.2, 0) is 9.53 Å². The molecule has 5 heteroatoms. The molecule has 0 saturated carbocycles. The molecule has 15 heavy (non-hydrogen) atoms. The number of methoxy groups -OCH3 is 1. The summed E-state index contributed by atoms with van der Waals surface area (Å²) >= 11 is 1.98. The highest BCUT2D eigenvalue weighted by molar-refractivity contribution is 8.00. The van der Waals surface area contributed by atoms with Crippen LogP contribution in [0.3, 0.4) is 0 Å². The number of esters is 1. The zero-order valence-corrected chi connectivity index (χ0v) is 10.2. The van der Waals surface area contributed by atoms with Crippen molar-refractivity contribution in [2.45, 2.75) is 43.0 Å². The van der Waals surface area contributed by atoms with Gasteiger partial charge in [-0.15, -0.1) is 11.8 Å². The van der Waals surface area contributed by atoms with E-state index in [1.165, 1.54) is 7.11 Å². The number of quaternary nitrogens is 2. The molecule has 0 aliphatic carbocycles. The van der Waals surface area contributed by atoms with Crippen molar-refractivity contribution >= 4 is 17.7 Å². The minimum atomic E-state index is -0.102. The van der Waals surface area contributed by atoms with Gasteiger partial charge in [0.25, 0.3) is 0 Å². The van der Waals surface area contributed by atoms with Crippen LogP contribution in [0.5, 0.6) is 0 Å². The summed E-state index contributed by atoms with van der Waals surface area (Å²) in [6.45, 7) is 0. The van der Waals surface area contributed by atoms with Crippen molar-refractivity contribution in [1.82, 2.24) is 0 Å². The summed E-state index contributed by atoms with van der Waals surface area (Å²) in [7, 11) is 1.44. The predicted octanol–water partition coefficient (Wildman–Crippen LogP) is -0.944. The number of carbonyl (C=O) groups excluding carboxylic acids is 1. The van der Waals surface area contributed by atoms with Gasteiger partial charge in [0.2, 0.25) is 0 Å². The summed E-state index contributed by atoms with van der Waals surface area (Å²) in [6.07, 6.45) is 3.72. The fourth-order valence-electron chi connectivity index (χ4n) is 1.81. The van der Waals surface area contributed by atoms with Crippen molar-refractivity contribution in [1.29, 1.82) is 0 Å². The Hall–Kier alpha value is -0.260. The van der Waals surface area contributed by atoms with E-state index in [4.69, 9.17) is 0 Å². The Labute approximate surface area is 95.1 Å². The Bertz CT molecular complexity index is 214. The van der Waals surface area contributed by atoms with Crippen molar-refractivity contribution in [2.24, 2.45) is 0 Å². The number of carbonyl (C=O) groups is 1. The van der Waals surface area contributed by atoms with Crippen LogP contribution in [-0.4, -0.2) is 36.2 Å². The van der Waals surface area contributed by atoms with Crippen molar-refractivity contribution in [2.75, 3.05) is 12.9 Å². The molecule has 6 N–H and O–H groups in total. The van der Waals surface area contributed by atoms with Gasteiger partial charge >= 0.3 is 5.97 Å². The van der Waals surface area contributed by atoms with Gasteiger partial charge in [-0.05, 0) is 12.8 Å². The molecule has 1 heterocycles. The molecule has 88 valence electrons. The average molecular weight is 234 g/mol. The van der Waals surface area contributed by atoms with E-state index in [1.54, 1.807) is 0 Å². The molecule has 0 aromatic carbocycles. The molecule has 0 unspecified atom stereocenters. The lowest BCUT2D eigenvalue weighted by Gasteiger charge is -2.11. The fourth-order valence-corrected chi connectivity index (χ4v) is 3.36. The van der Waals surface area contributed by atoms with E-state index in [9.17, 15) is 4.79 Å². The summed E-state index contributed by atoms with van der Waals surface area (Å²) < 4.78 is 4.59. The first kappa shape index (κ1) is 12.8. The second-order valence-corrected chi connectivity index (χ2v) is 5.39. The monoisotopic (exact) mass is 234 g/mol. The molecule has 4 nitrogen and oxygen atoms in total. The second-order valence-electron chi connectivity index (χ2n) is 4.12. The van der Waals surface area contributed by atoms with E-state index in [-0.39, 0.29) is 5.97 Å². The first-order valence-corrected chi connectivity index (χ1v) is 6.54. The SMILES string of the molecule is COC(=O)CCCC[C@H]1SC[C@@H]([NH3+])[C@@H]1[NH3+]. The smallest absolute Gasteiger partial charge is 0.305 e. The van der Waals surface area contributed by atoms with Gasteiger partial charge in [0.15, 0.2) is 0 Å². The van der Waals surface area contributed by atoms with Gasteiger partial charge in [-0.25, -0.2) is 0 Å². The summed E-state index contributed by atoms with van der Waals surface area (Å²) in [4.78, 5) is 10.9. The summed E-state index contributed by atoms with van der Waals surface area (Å²) in [5, 5.41) is 0.644. The third-order valence-corrected chi connectivity index (χ3v) is 4.59. The molecule has 0 radical (unpaired) electrons. The minimum absolute atomic E-state index is 0.102. The maximum atomic E-state index is 10.9. The largest absolute Gasteiger partial charge is 0.469 e. The molecule has 3 atom stereocenters. The summed E-state index contributed by atoms with van der Waals surface area (Å²) in [5.74, 6) is 1.03. The Kier molecular flexibility index (Phi) is 5.42. The van der Waals surface area contributed by atoms with Crippen LogP contribution in [0.4, 0.5) is 0 Å². The van der Waals surface area contributed by atoms with Crippen LogP contribution < -0.4 is 11.5 Å². The number of unbranched alkanes of at least 4 members (excludes halogenated alkanes) is 1. The number of thioether (sulfide) groups is 1. The van der Waals surface area contributed by atoms with Gasteiger partial charge in [-0.3, -0.25) is 4.79 Å². The number of hydrogen-bond acceptors (Lipinski definition) is 3. The Morgan fingerprint density at radius 1 is 1.47 bits per heavy atom. The molecular weight excluding hydrogens is 212 g/mol. The van der Waals surface area contributed by atoms with Gasteiger partial charge in [0.1, 0.15) is 12.1 Å². The lowest BCUT2D eigenvalue weighted by molar-refractivity contribution is -0.520. The molecule has 1 aliphatic heterocycles. The molecular formula is C10H22N2O2S+2. The average Bonchev–Trinajstić information content (AvgIpc) is 2.55. The molecule has 1 rings (SSSR count). The van der Waals surface area contributed by atoms with E-state index in [2.05, 4.69) is 16.2 Å². The molecule has 1 fully saturated rings. The van der Waals surface area contributed by atoms with Gasteiger partial charge in [0, 0.05) is 6.42 Å². The van der Waals surface area contributed by atoms with Crippen LogP contribution in [0.25, 0.3) is 0 Å². The maximum Gasteiger partial charge on any atom is 0.305 e. The van der Waals surface area contributed by atoms with Gasteiger partial charge in [-0.1, -0.05) is 6.42 Å². The van der Waals surface area contributed by atoms with E-state index in [0.717, 1.165) is 25.0 Å². The zero-order chi connectivity index (χ0) is 11.3. The number of rotatable bonds is 5. The van der Waals surface area contributed by atoms with E-state index in [0.29, 0.717) is 23.8 Å². The maximum absolute atomic E-state index is 10.9. The number of hydrogen-bond donors (Lipinski definition) is 2. The fraction of sp³-hybridized carbons (Fsp3) is 0.900. The number of ether oxygens (including phenoxy) is 1. The normalized spacial score (nSPS) is 30.5. The van der Waals surface area contributed by atoms with Crippen molar-refractivity contribution < 1.29 is 21.0 Å². The van der Waals surface area contributed by atoms with E-state index in [1.807, 2.05) is 11.8 Å². The Morgan fingerprint density at radius 2 is 2.20 bits per heavy atom. The van der Waals surface area contributed by atoms with Gasteiger partial charge in [0.05, 0.1) is 18.1 Å². The van der Waals surface area contributed by atoms with Gasteiger partial charge < -0.3 is 16.2 Å². The van der Waals surface area contributed by atoms with E-state index >= 15 is 0 Å². The lowest BCUT2D eigenvalue weighted by atomic mass is 10.0. The van der Waals surface area contributed by atoms with Crippen LogP contribution >= 0.6 is 11.8 Å². The zero-order valence-electron chi connectivity index (χ0n) is 9.41. The second kappa shape index (κ2) is 6.35. The molecule has 0 aromatic rings. The highest BCUT2D eigenvalue weighted by Crippen LogP contribution is 2.27. The molecule has 0 amide bonds. The molecule has 1 saturated heterocycles. The van der Waals surface area contributed by atoms with Crippen molar-refractivity contribution in [3.63, 3.8) is 0 Å². The Balaban J connectivity index is 2.08. The lowest BCUT2D eigenvalue weighted by Crippen LogP contribution is -2.80. The highest BCUT2D eigenvalue weighted by Gasteiger charge is 2.36. The molecule has 0 aromatic heterocycles. The van der Waals surface area contributed by atoms with Crippen molar-refractivity contribution in [3.8, 4) is 0 Å². The molecule has 0 bridgehead atoms. The summed E-state index contributed by atoms with van der Waals surface area (Å²) in [6, 6.07) is 0.980. The van der Waals surface area contributed by atoms with Crippen LogP contribution in [0, 0.1) is 0 Å². The quantitative estimate of drug-likeness (QED) is 0.476.